The van der Waals surface area contributed by atoms with Crippen molar-refractivity contribution in [3.63, 3.8) is 0 Å². The van der Waals surface area contributed by atoms with Gasteiger partial charge in [0.05, 0.1) is 82.5 Å². The van der Waals surface area contributed by atoms with Crippen LogP contribution in [0.1, 0.15) is 23.5 Å². The van der Waals surface area contributed by atoms with Crippen LogP contribution in [0.25, 0.3) is 43.8 Å². The molecule has 0 amide bonds. The predicted molar refractivity (Wildman–Crippen MR) is 230 cm³/mol. The Bertz CT molecular complexity index is 2450. The minimum Gasteiger partial charge on any atom is -0.496 e. The lowest BCUT2D eigenvalue weighted by atomic mass is 9.85. The van der Waals surface area contributed by atoms with Crippen LogP contribution in [0, 0.1) is 0 Å². The van der Waals surface area contributed by atoms with Crippen LogP contribution in [0.15, 0.2) is 60.7 Å². The van der Waals surface area contributed by atoms with Gasteiger partial charge in [-0.3, -0.25) is 5.32 Å². The number of ether oxygens (including phenoxy) is 10. The number of benzene rings is 6. The molecule has 13 heteroatoms. The summed E-state index contributed by atoms with van der Waals surface area (Å²) in [4.78, 5) is 4.44. The summed E-state index contributed by atoms with van der Waals surface area (Å²) in [6.45, 7) is 0. The van der Waals surface area contributed by atoms with E-state index in [1.165, 1.54) is 0 Å². The van der Waals surface area contributed by atoms with E-state index in [-0.39, 0.29) is 0 Å². The third-order valence-electron chi connectivity index (χ3n) is 11.7. The van der Waals surface area contributed by atoms with Crippen molar-refractivity contribution in [3.8, 4) is 79.7 Å². The van der Waals surface area contributed by atoms with Crippen LogP contribution in [0.4, 0.5) is 11.4 Å². The number of hydrogen-bond donors (Lipinski definition) is 1. The number of fused-ring (bicyclic) bond motifs is 10. The first-order valence-corrected chi connectivity index (χ1v) is 18.9. The van der Waals surface area contributed by atoms with Crippen molar-refractivity contribution < 1.29 is 47.4 Å². The van der Waals surface area contributed by atoms with E-state index in [9.17, 15) is 0 Å². The van der Waals surface area contributed by atoms with Crippen molar-refractivity contribution in [3.05, 3.63) is 71.8 Å². The first-order valence-electron chi connectivity index (χ1n) is 18.9. The van der Waals surface area contributed by atoms with Crippen LogP contribution < -0.4 is 62.5 Å². The molecule has 0 saturated carbocycles. The second kappa shape index (κ2) is 15.3. The third kappa shape index (κ3) is 5.77. The molecule has 0 radical (unpaired) electrons. The van der Waals surface area contributed by atoms with Crippen molar-refractivity contribution in [1.29, 1.82) is 0 Å². The lowest BCUT2D eigenvalue weighted by Gasteiger charge is -2.46. The van der Waals surface area contributed by atoms with E-state index >= 15 is 0 Å². The van der Waals surface area contributed by atoms with E-state index in [0.717, 1.165) is 66.3 Å². The molecule has 1 N–H and O–H groups in total. The maximum absolute atomic E-state index is 6.26. The molecule has 59 heavy (non-hydrogen) atoms. The minimum atomic E-state index is -0.580. The van der Waals surface area contributed by atoms with Gasteiger partial charge in [0, 0.05) is 70.4 Å². The van der Waals surface area contributed by atoms with Crippen molar-refractivity contribution in [2.45, 2.75) is 12.3 Å². The lowest BCUT2D eigenvalue weighted by Crippen LogP contribution is -2.47. The van der Waals surface area contributed by atoms with Crippen molar-refractivity contribution in [1.82, 2.24) is 5.32 Å². The van der Waals surface area contributed by atoms with Gasteiger partial charge in [0.2, 0.25) is 0 Å². The van der Waals surface area contributed by atoms with Gasteiger partial charge in [0.15, 0.2) is 46.0 Å². The minimum absolute atomic E-state index is 0.523. The van der Waals surface area contributed by atoms with Gasteiger partial charge in [0.1, 0.15) is 23.8 Å². The summed E-state index contributed by atoms with van der Waals surface area (Å²) in [5, 5.41) is 7.94. The van der Waals surface area contributed by atoms with Crippen LogP contribution in [0.5, 0.6) is 57.5 Å². The highest BCUT2D eigenvalue weighted by atomic mass is 16.5. The number of nitrogens with one attached hydrogen (secondary N) is 1. The van der Waals surface area contributed by atoms with E-state index in [0.29, 0.717) is 57.5 Å². The highest BCUT2D eigenvalue weighted by Crippen LogP contribution is 2.60. The fraction of sp³-hybridized carbons (Fsp3) is 0.304. The van der Waals surface area contributed by atoms with Gasteiger partial charge in [-0.05, 0) is 35.0 Å². The number of nitrogens with zero attached hydrogens (tertiary/aromatic N) is 2. The SMILES string of the molecule is COc1cc2ccc3c(c2cc1OC)N(C)C(NC1c2c(OC)c(OC)cc(OC)c2-c2ccc4cc(OC)c(OC)cc4c2N1C)c1c(OC)c(OC)cc(OC)c1-3. The average Bonchev–Trinajstić information content (AvgIpc) is 3.27. The summed E-state index contributed by atoms with van der Waals surface area (Å²) in [7, 11) is 20.6. The Labute approximate surface area is 343 Å². The van der Waals surface area contributed by atoms with Crippen LogP contribution in [-0.4, -0.2) is 85.2 Å². The molecule has 13 nitrogen and oxygen atoms in total. The summed E-state index contributed by atoms with van der Waals surface area (Å²) >= 11 is 0. The quantitative estimate of drug-likeness (QED) is 0.128. The molecule has 6 aromatic carbocycles. The van der Waals surface area contributed by atoms with E-state index in [2.05, 4.69) is 53.5 Å². The monoisotopic (exact) mass is 803 g/mol. The topological polar surface area (TPSA) is 111 Å². The Morgan fingerprint density at radius 3 is 1.05 bits per heavy atom. The van der Waals surface area contributed by atoms with Gasteiger partial charge in [0.25, 0.3) is 0 Å². The molecule has 0 aliphatic carbocycles. The van der Waals surface area contributed by atoms with Gasteiger partial charge in [-0.25, -0.2) is 0 Å². The molecule has 2 atom stereocenters. The maximum atomic E-state index is 6.26. The zero-order valence-electron chi connectivity index (χ0n) is 35.4. The number of rotatable bonds is 12. The molecule has 2 unspecified atom stereocenters. The summed E-state index contributed by atoms with van der Waals surface area (Å²) < 4.78 is 59.9. The number of methoxy groups -OCH3 is 10. The van der Waals surface area contributed by atoms with Gasteiger partial charge in [-0.2, -0.15) is 0 Å². The molecular weight excluding hydrogens is 755 g/mol. The Hall–Kier alpha value is -6.60. The van der Waals surface area contributed by atoms with Gasteiger partial charge in [-0.15, -0.1) is 0 Å². The van der Waals surface area contributed by atoms with Crippen LogP contribution >= 0.6 is 0 Å². The third-order valence-corrected chi connectivity index (χ3v) is 11.7. The molecule has 6 aromatic rings. The molecule has 2 aliphatic rings. The number of hydrogen-bond acceptors (Lipinski definition) is 13. The lowest BCUT2D eigenvalue weighted by molar-refractivity contribution is 0.327. The normalized spacial score (nSPS) is 15.1. The summed E-state index contributed by atoms with van der Waals surface area (Å²) in [6.07, 6.45) is -1.16. The Morgan fingerprint density at radius 1 is 0.390 bits per heavy atom. The molecule has 8 rings (SSSR count). The first-order chi connectivity index (χ1) is 28.7. The smallest absolute Gasteiger partial charge is 0.168 e. The highest BCUT2D eigenvalue weighted by Gasteiger charge is 2.43. The van der Waals surface area contributed by atoms with Gasteiger partial charge >= 0.3 is 0 Å². The molecule has 2 aliphatic heterocycles. The Balaban J connectivity index is 1.46. The van der Waals surface area contributed by atoms with Crippen LogP contribution in [0.3, 0.4) is 0 Å². The summed E-state index contributed by atoms with van der Waals surface area (Å²) in [5.74, 6) is 5.88. The van der Waals surface area contributed by atoms with E-state index in [1.54, 1.807) is 71.1 Å². The zero-order chi connectivity index (χ0) is 41.9. The summed E-state index contributed by atoms with van der Waals surface area (Å²) in [5.41, 5.74) is 7.09. The summed E-state index contributed by atoms with van der Waals surface area (Å²) in [6, 6.07) is 20.1. The molecule has 0 fully saturated rings. The Kier molecular flexibility index (Phi) is 10.2. The molecular formula is C46H49N3O10. The fourth-order valence-electron chi connectivity index (χ4n) is 9.01. The molecule has 2 heterocycles. The molecule has 0 aromatic heterocycles. The molecule has 308 valence electrons. The van der Waals surface area contributed by atoms with E-state index in [4.69, 9.17) is 47.4 Å². The molecule has 0 bridgehead atoms. The highest BCUT2D eigenvalue weighted by molar-refractivity contribution is 6.08. The average molecular weight is 804 g/mol. The first kappa shape index (κ1) is 39.2. The van der Waals surface area contributed by atoms with E-state index < -0.39 is 12.3 Å². The van der Waals surface area contributed by atoms with E-state index in [1.807, 2.05) is 36.4 Å². The molecule has 0 spiro atoms. The standard InChI is InChI=1S/C46H49N3O10/c1-48-41-25(15-13-23-17-29(50-3)31(52-5)19-27(23)41)37-33(54-7)21-35(56-9)43(58-11)39(37)45(48)47-46-40-38(34(55-8)22-36(57-10)44(40)59-12)26-16-14-24-18-30(51-4)32(53-6)20-28(24)42(26)49(46)2/h13-22,45-47H,1-12H3. The fourth-order valence-corrected chi connectivity index (χ4v) is 9.01. The van der Waals surface area contributed by atoms with Crippen LogP contribution in [0.2, 0.25) is 0 Å². The largest absolute Gasteiger partial charge is 0.496 e. The van der Waals surface area contributed by atoms with Crippen LogP contribution in [-0.2, 0) is 0 Å². The van der Waals surface area contributed by atoms with Crippen molar-refractivity contribution >= 4 is 32.9 Å². The van der Waals surface area contributed by atoms with Crippen molar-refractivity contribution in [2.75, 3.05) is 95.0 Å². The van der Waals surface area contributed by atoms with Crippen molar-refractivity contribution in [2.24, 2.45) is 0 Å². The Morgan fingerprint density at radius 2 is 0.729 bits per heavy atom. The molecule has 0 saturated heterocycles. The van der Waals surface area contributed by atoms with Gasteiger partial charge < -0.3 is 57.2 Å². The zero-order valence-corrected chi connectivity index (χ0v) is 35.4. The maximum Gasteiger partial charge on any atom is 0.168 e. The predicted octanol–water partition coefficient (Wildman–Crippen LogP) is 8.60. The second-order valence-corrected chi connectivity index (χ2v) is 14.2. The second-order valence-electron chi connectivity index (χ2n) is 14.2. The van der Waals surface area contributed by atoms with Gasteiger partial charge in [-0.1, -0.05) is 24.3 Å². The number of anilines is 2.